The van der Waals surface area contributed by atoms with Crippen LogP contribution >= 0.6 is 11.6 Å². The summed E-state index contributed by atoms with van der Waals surface area (Å²) >= 11 is 6.22. The maximum Gasteiger partial charge on any atom is 0.111 e. The number of likely N-dealkylation sites (N-methyl/N-ethyl adjacent to an activating group) is 1. The Kier molecular flexibility index (Phi) is 3.13. The fraction of sp³-hybridized carbons (Fsp3) is 0.875. The van der Waals surface area contributed by atoms with Crippen LogP contribution in [-0.2, 0) is 0 Å². The Bertz CT molecular complexity index is 248. The quantitative estimate of drug-likeness (QED) is 0.317. The van der Waals surface area contributed by atoms with E-state index in [4.69, 9.17) is 23.1 Å². The van der Waals surface area contributed by atoms with E-state index in [2.05, 4.69) is 15.6 Å². The molecule has 0 aromatic carbocycles. The Morgan fingerprint density at radius 1 is 1.47 bits per heavy atom. The highest BCUT2D eigenvalue weighted by Gasteiger charge is 2.40. The molecule has 0 aromatic heterocycles. The van der Waals surface area contributed by atoms with Crippen LogP contribution < -0.4 is 22.1 Å². The number of nitrogens with two attached hydrogens (primary N) is 2. The number of rotatable bonds is 1. The highest BCUT2D eigenvalue weighted by Crippen LogP contribution is 2.23. The summed E-state index contributed by atoms with van der Waals surface area (Å²) in [6, 6.07) is 0.231. The first-order chi connectivity index (χ1) is 7.09. The third-order valence-electron chi connectivity index (χ3n) is 2.99. The maximum absolute atomic E-state index is 6.22. The Labute approximate surface area is 94.0 Å². The minimum Gasteiger partial charge on any atom is -0.361 e. The zero-order valence-corrected chi connectivity index (χ0v) is 9.35. The van der Waals surface area contributed by atoms with Crippen molar-refractivity contribution in [1.82, 2.24) is 15.5 Å². The van der Waals surface area contributed by atoms with E-state index < -0.39 is 0 Å². The van der Waals surface area contributed by atoms with Gasteiger partial charge in [-0.3, -0.25) is 15.6 Å². The zero-order chi connectivity index (χ0) is 11.0. The van der Waals surface area contributed by atoms with Crippen molar-refractivity contribution in [3.05, 3.63) is 0 Å². The summed E-state index contributed by atoms with van der Waals surface area (Å²) in [5, 5.41) is 6.06. The molecule has 1 saturated heterocycles. The molecule has 0 saturated carbocycles. The van der Waals surface area contributed by atoms with Crippen molar-refractivity contribution in [2.45, 2.75) is 24.0 Å². The van der Waals surface area contributed by atoms with E-state index in [1.165, 1.54) is 0 Å². The first-order valence-corrected chi connectivity index (χ1v) is 5.42. The van der Waals surface area contributed by atoms with Crippen LogP contribution in [0.5, 0.6) is 0 Å². The van der Waals surface area contributed by atoms with E-state index in [0.717, 1.165) is 6.54 Å². The highest BCUT2D eigenvalue weighted by atomic mass is 35.5. The molecular formula is C8H17ClN6. The second-order valence-electron chi connectivity index (χ2n) is 4.03. The molecule has 0 spiro atoms. The van der Waals surface area contributed by atoms with Gasteiger partial charge in [-0.15, -0.1) is 11.6 Å². The van der Waals surface area contributed by atoms with Crippen LogP contribution in [0.25, 0.3) is 0 Å². The van der Waals surface area contributed by atoms with Crippen LogP contribution in [0.1, 0.15) is 0 Å². The number of aliphatic imine (C=N–C) groups is 1. The monoisotopic (exact) mass is 232 g/mol. The Morgan fingerprint density at radius 2 is 2.20 bits per heavy atom. The van der Waals surface area contributed by atoms with Crippen molar-refractivity contribution < 1.29 is 0 Å². The Hall–Kier alpha value is -0.400. The van der Waals surface area contributed by atoms with Gasteiger partial charge in [-0.05, 0) is 0 Å². The van der Waals surface area contributed by atoms with Crippen LogP contribution in [0, 0.1) is 5.92 Å². The van der Waals surface area contributed by atoms with Gasteiger partial charge >= 0.3 is 0 Å². The fourth-order valence-electron chi connectivity index (χ4n) is 2.16. The molecule has 0 radical (unpaired) electrons. The summed E-state index contributed by atoms with van der Waals surface area (Å²) in [5.41, 5.74) is 11.5. The normalized spacial score (nSPS) is 46.1. The molecule has 1 fully saturated rings. The lowest BCUT2D eigenvalue weighted by Crippen LogP contribution is -2.71. The van der Waals surface area contributed by atoms with E-state index in [1.807, 2.05) is 18.3 Å². The van der Waals surface area contributed by atoms with Crippen molar-refractivity contribution in [2.75, 3.05) is 13.6 Å². The SMILES string of the molecule is CN1C=NCC1C1C(N)NC(N)NC1Cl. The second kappa shape index (κ2) is 4.23. The van der Waals surface area contributed by atoms with Crippen LogP contribution in [0.3, 0.4) is 0 Å². The number of alkyl halides is 1. The van der Waals surface area contributed by atoms with Crippen molar-refractivity contribution in [1.29, 1.82) is 0 Å². The Morgan fingerprint density at radius 3 is 2.73 bits per heavy atom. The summed E-state index contributed by atoms with van der Waals surface area (Å²) in [4.78, 5) is 6.25. The summed E-state index contributed by atoms with van der Waals surface area (Å²) in [5.74, 6) is 0.0824. The largest absolute Gasteiger partial charge is 0.361 e. The predicted octanol–water partition coefficient (Wildman–Crippen LogP) is -1.77. The zero-order valence-electron chi connectivity index (χ0n) is 8.60. The van der Waals surface area contributed by atoms with Crippen molar-refractivity contribution in [3.8, 4) is 0 Å². The number of nitrogens with one attached hydrogen (secondary N) is 2. The average Bonchev–Trinajstić information content (AvgIpc) is 2.50. The fourth-order valence-corrected chi connectivity index (χ4v) is 2.62. The number of hydrogen-bond donors (Lipinski definition) is 4. The van der Waals surface area contributed by atoms with Gasteiger partial charge in [0.05, 0.1) is 30.6 Å². The van der Waals surface area contributed by atoms with Crippen LogP contribution in [0.15, 0.2) is 4.99 Å². The molecule has 15 heavy (non-hydrogen) atoms. The van der Waals surface area contributed by atoms with Gasteiger partial charge in [0.25, 0.3) is 0 Å². The summed E-state index contributed by atoms with van der Waals surface area (Å²) in [6.07, 6.45) is 1.26. The summed E-state index contributed by atoms with van der Waals surface area (Å²) in [6.45, 7) is 0.733. The van der Waals surface area contributed by atoms with Crippen LogP contribution in [0.4, 0.5) is 0 Å². The molecule has 0 aliphatic carbocycles. The van der Waals surface area contributed by atoms with Crippen molar-refractivity contribution in [2.24, 2.45) is 22.4 Å². The standard InChI is InChI=1S/C8H17ClN6/c1-15-3-12-2-4(15)5-6(9)13-8(11)14-7(5)10/h3-8,13-14H,2,10-11H2,1H3. The minimum absolute atomic E-state index is 0.0824. The van der Waals surface area contributed by atoms with Crippen molar-refractivity contribution in [3.63, 3.8) is 0 Å². The molecule has 0 amide bonds. The molecule has 2 aliphatic rings. The molecule has 6 nitrogen and oxygen atoms in total. The first-order valence-electron chi connectivity index (χ1n) is 4.99. The lowest BCUT2D eigenvalue weighted by molar-refractivity contribution is 0.144. The minimum atomic E-state index is -0.341. The third kappa shape index (κ3) is 2.09. The van der Waals surface area contributed by atoms with Gasteiger partial charge in [0.1, 0.15) is 6.29 Å². The molecule has 2 heterocycles. The smallest absolute Gasteiger partial charge is 0.111 e. The molecule has 6 N–H and O–H groups in total. The first kappa shape index (κ1) is 11.1. The van der Waals surface area contributed by atoms with E-state index >= 15 is 0 Å². The molecule has 7 heteroatoms. The topological polar surface area (TPSA) is 91.7 Å². The molecular weight excluding hydrogens is 216 g/mol. The lowest BCUT2D eigenvalue weighted by Gasteiger charge is -2.42. The Balaban J connectivity index is 2.07. The number of nitrogens with zero attached hydrogens (tertiary/aromatic N) is 2. The summed E-state index contributed by atoms with van der Waals surface area (Å²) in [7, 11) is 1.98. The third-order valence-corrected chi connectivity index (χ3v) is 3.40. The molecule has 0 bridgehead atoms. The second-order valence-corrected chi connectivity index (χ2v) is 4.50. The molecule has 86 valence electrons. The van der Waals surface area contributed by atoms with E-state index in [0.29, 0.717) is 0 Å². The summed E-state index contributed by atoms with van der Waals surface area (Å²) < 4.78 is 0. The molecule has 0 aromatic rings. The molecule has 2 aliphatic heterocycles. The van der Waals surface area contributed by atoms with Gasteiger partial charge in [-0.1, -0.05) is 0 Å². The van der Waals surface area contributed by atoms with Gasteiger partial charge in [0, 0.05) is 13.0 Å². The number of hydrogen-bond acceptors (Lipinski definition) is 6. The highest BCUT2D eigenvalue weighted by molar-refractivity contribution is 6.20. The molecule has 2 rings (SSSR count). The van der Waals surface area contributed by atoms with Gasteiger partial charge in [0.15, 0.2) is 0 Å². The van der Waals surface area contributed by atoms with Crippen molar-refractivity contribution >= 4 is 17.9 Å². The van der Waals surface area contributed by atoms with Gasteiger partial charge < -0.3 is 16.4 Å². The van der Waals surface area contributed by atoms with Gasteiger partial charge in [0.2, 0.25) is 0 Å². The van der Waals surface area contributed by atoms with Crippen LogP contribution in [0.2, 0.25) is 0 Å². The van der Waals surface area contributed by atoms with E-state index in [1.54, 1.807) is 0 Å². The average molecular weight is 233 g/mol. The molecule has 5 atom stereocenters. The molecule has 5 unspecified atom stereocenters. The van der Waals surface area contributed by atoms with E-state index in [-0.39, 0.29) is 29.9 Å². The maximum atomic E-state index is 6.22. The van der Waals surface area contributed by atoms with E-state index in [9.17, 15) is 0 Å². The van der Waals surface area contributed by atoms with Gasteiger partial charge in [-0.25, -0.2) is 0 Å². The van der Waals surface area contributed by atoms with Gasteiger partial charge in [-0.2, -0.15) is 0 Å². The lowest BCUT2D eigenvalue weighted by atomic mass is 9.94. The van der Waals surface area contributed by atoms with Crippen LogP contribution in [-0.4, -0.2) is 48.8 Å². The predicted molar refractivity (Wildman–Crippen MR) is 60.3 cm³/mol. The number of halogens is 1.